The first-order valence-electron chi connectivity index (χ1n) is 8.51. The van der Waals surface area contributed by atoms with Crippen molar-refractivity contribution in [1.29, 1.82) is 0 Å². The van der Waals surface area contributed by atoms with Crippen molar-refractivity contribution in [3.05, 3.63) is 36.5 Å². The average molecular weight is 328 g/mol. The SMILES string of the molecule is C[C@@H]1CCCN(C(=O)CCNCc2cccnc2-n2cncn2)C1. The molecule has 1 atom stereocenters. The second-order valence-corrected chi connectivity index (χ2v) is 6.34. The molecule has 0 bridgehead atoms. The number of carbonyl (C=O) groups excluding carboxylic acids is 1. The predicted octanol–water partition coefficient (Wildman–Crippen LogP) is 1.40. The van der Waals surface area contributed by atoms with Crippen LogP contribution in [0.3, 0.4) is 0 Å². The molecular formula is C17H24N6O. The van der Waals surface area contributed by atoms with E-state index in [0.717, 1.165) is 30.9 Å². The molecule has 0 aliphatic carbocycles. The molecule has 1 amide bonds. The molecule has 1 aliphatic heterocycles. The summed E-state index contributed by atoms with van der Waals surface area (Å²) in [5, 5.41) is 7.46. The van der Waals surface area contributed by atoms with E-state index in [1.54, 1.807) is 17.2 Å². The minimum absolute atomic E-state index is 0.247. The van der Waals surface area contributed by atoms with Crippen molar-refractivity contribution >= 4 is 5.91 Å². The molecule has 2 aromatic rings. The smallest absolute Gasteiger partial charge is 0.223 e. The van der Waals surface area contributed by atoms with Crippen molar-refractivity contribution < 1.29 is 4.79 Å². The Kier molecular flexibility index (Phi) is 5.53. The molecule has 7 nitrogen and oxygen atoms in total. The highest BCUT2D eigenvalue weighted by Gasteiger charge is 2.20. The van der Waals surface area contributed by atoms with E-state index < -0.39 is 0 Å². The number of rotatable bonds is 6. The summed E-state index contributed by atoms with van der Waals surface area (Å²) in [5.41, 5.74) is 1.03. The van der Waals surface area contributed by atoms with Crippen molar-refractivity contribution in [2.24, 2.45) is 5.92 Å². The van der Waals surface area contributed by atoms with E-state index in [9.17, 15) is 4.79 Å². The van der Waals surface area contributed by atoms with Crippen molar-refractivity contribution in [1.82, 2.24) is 30.0 Å². The number of nitrogens with one attached hydrogen (secondary N) is 1. The van der Waals surface area contributed by atoms with E-state index in [4.69, 9.17) is 0 Å². The summed E-state index contributed by atoms with van der Waals surface area (Å²) in [5.74, 6) is 1.63. The molecular weight excluding hydrogens is 304 g/mol. The zero-order valence-electron chi connectivity index (χ0n) is 14.1. The number of hydrogen-bond acceptors (Lipinski definition) is 5. The molecule has 0 spiro atoms. The number of pyridine rings is 1. The van der Waals surface area contributed by atoms with Crippen molar-refractivity contribution in [2.75, 3.05) is 19.6 Å². The largest absolute Gasteiger partial charge is 0.342 e. The van der Waals surface area contributed by atoms with Gasteiger partial charge in [0.15, 0.2) is 5.82 Å². The molecule has 3 heterocycles. The van der Waals surface area contributed by atoms with Gasteiger partial charge in [-0.15, -0.1) is 0 Å². The fourth-order valence-corrected chi connectivity index (χ4v) is 3.08. The van der Waals surface area contributed by atoms with E-state index in [1.165, 1.54) is 12.7 Å². The third kappa shape index (κ3) is 4.17. The van der Waals surface area contributed by atoms with Gasteiger partial charge in [0.25, 0.3) is 0 Å². The Morgan fingerprint density at radius 3 is 3.17 bits per heavy atom. The predicted molar refractivity (Wildman–Crippen MR) is 90.5 cm³/mol. The van der Waals surface area contributed by atoms with Gasteiger partial charge in [-0.1, -0.05) is 13.0 Å². The molecule has 0 saturated carbocycles. The topological polar surface area (TPSA) is 75.9 Å². The van der Waals surface area contributed by atoms with Gasteiger partial charge in [0.05, 0.1) is 0 Å². The van der Waals surface area contributed by atoms with Crippen LogP contribution in [-0.4, -0.2) is 50.2 Å². The lowest BCUT2D eigenvalue weighted by Gasteiger charge is -2.31. The minimum Gasteiger partial charge on any atom is -0.342 e. The van der Waals surface area contributed by atoms with Crippen LogP contribution in [0.5, 0.6) is 0 Å². The van der Waals surface area contributed by atoms with Gasteiger partial charge in [0.1, 0.15) is 12.7 Å². The summed E-state index contributed by atoms with van der Waals surface area (Å²) in [6.07, 6.45) is 7.75. The van der Waals surface area contributed by atoms with Crippen LogP contribution < -0.4 is 5.32 Å². The maximum atomic E-state index is 12.3. The third-order valence-corrected chi connectivity index (χ3v) is 4.34. The van der Waals surface area contributed by atoms with Gasteiger partial charge in [-0.3, -0.25) is 4.79 Å². The standard InChI is InChI=1S/C17H24N6O/c1-14-4-3-9-22(11-14)16(24)6-8-18-10-15-5-2-7-20-17(15)23-13-19-12-21-23/h2,5,7,12-14,18H,3-4,6,8-11H2,1H3/t14-/m1/s1. The molecule has 0 unspecified atom stereocenters. The quantitative estimate of drug-likeness (QED) is 0.811. The summed E-state index contributed by atoms with van der Waals surface area (Å²) < 4.78 is 1.65. The Hall–Kier alpha value is -2.28. The summed E-state index contributed by atoms with van der Waals surface area (Å²) in [7, 11) is 0. The molecule has 24 heavy (non-hydrogen) atoms. The molecule has 1 fully saturated rings. The second kappa shape index (κ2) is 8.01. The first-order valence-corrected chi connectivity index (χ1v) is 8.51. The van der Waals surface area contributed by atoms with Crippen LogP contribution in [0.1, 0.15) is 31.7 Å². The highest BCUT2D eigenvalue weighted by atomic mass is 16.2. The number of nitrogens with zero attached hydrogens (tertiary/aromatic N) is 5. The summed E-state index contributed by atoms with van der Waals surface area (Å²) in [4.78, 5) is 22.6. The Bertz CT molecular complexity index is 657. The Morgan fingerprint density at radius 2 is 2.38 bits per heavy atom. The van der Waals surface area contributed by atoms with Crippen molar-refractivity contribution in [3.63, 3.8) is 0 Å². The molecule has 1 saturated heterocycles. The number of aromatic nitrogens is 4. The average Bonchev–Trinajstić information content (AvgIpc) is 3.13. The Morgan fingerprint density at radius 1 is 1.46 bits per heavy atom. The van der Waals surface area contributed by atoms with Gasteiger partial charge in [-0.25, -0.2) is 14.6 Å². The summed E-state index contributed by atoms with van der Waals surface area (Å²) in [6, 6.07) is 3.91. The Balaban J connectivity index is 1.48. The number of piperidine rings is 1. The van der Waals surface area contributed by atoms with E-state index in [-0.39, 0.29) is 5.91 Å². The van der Waals surface area contributed by atoms with Gasteiger partial charge >= 0.3 is 0 Å². The van der Waals surface area contributed by atoms with Crippen LogP contribution in [-0.2, 0) is 11.3 Å². The van der Waals surface area contributed by atoms with Crippen LogP contribution in [0.4, 0.5) is 0 Å². The van der Waals surface area contributed by atoms with Crippen LogP contribution in [0.2, 0.25) is 0 Å². The zero-order valence-corrected chi connectivity index (χ0v) is 14.1. The maximum Gasteiger partial charge on any atom is 0.223 e. The molecule has 7 heteroatoms. The number of amides is 1. The van der Waals surface area contributed by atoms with Crippen LogP contribution in [0.15, 0.2) is 31.0 Å². The summed E-state index contributed by atoms with van der Waals surface area (Å²) in [6.45, 7) is 5.33. The molecule has 2 aromatic heterocycles. The second-order valence-electron chi connectivity index (χ2n) is 6.34. The first kappa shape index (κ1) is 16.6. The van der Waals surface area contributed by atoms with E-state index in [2.05, 4.69) is 27.3 Å². The fourth-order valence-electron chi connectivity index (χ4n) is 3.08. The van der Waals surface area contributed by atoms with Crippen molar-refractivity contribution in [2.45, 2.75) is 32.7 Å². The highest BCUT2D eigenvalue weighted by molar-refractivity contribution is 5.76. The molecule has 1 aliphatic rings. The molecule has 3 rings (SSSR count). The lowest BCUT2D eigenvalue weighted by atomic mass is 10.00. The molecule has 1 N–H and O–H groups in total. The van der Waals surface area contributed by atoms with Gasteiger partial charge in [0, 0.05) is 44.4 Å². The zero-order chi connectivity index (χ0) is 16.8. The number of carbonyl (C=O) groups is 1. The van der Waals surface area contributed by atoms with Gasteiger partial charge in [-0.2, -0.15) is 5.10 Å². The van der Waals surface area contributed by atoms with Crippen LogP contribution >= 0.6 is 0 Å². The van der Waals surface area contributed by atoms with E-state index in [1.807, 2.05) is 17.0 Å². The van der Waals surface area contributed by atoms with Crippen LogP contribution in [0.25, 0.3) is 5.82 Å². The lowest BCUT2D eigenvalue weighted by molar-refractivity contribution is -0.132. The lowest BCUT2D eigenvalue weighted by Crippen LogP contribution is -2.40. The van der Waals surface area contributed by atoms with Gasteiger partial charge < -0.3 is 10.2 Å². The first-order chi connectivity index (χ1) is 11.7. The molecule has 0 radical (unpaired) electrons. The highest BCUT2D eigenvalue weighted by Crippen LogP contribution is 2.16. The van der Waals surface area contributed by atoms with E-state index >= 15 is 0 Å². The van der Waals surface area contributed by atoms with Gasteiger partial charge in [0.2, 0.25) is 5.91 Å². The van der Waals surface area contributed by atoms with Crippen LogP contribution in [0, 0.1) is 5.92 Å². The van der Waals surface area contributed by atoms with E-state index in [0.29, 0.717) is 25.4 Å². The molecule has 0 aromatic carbocycles. The van der Waals surface area contributed by atoms with Gasteiger partial charge in [-0.05, 0) is 24.8 Å². The summed E-state index contributed by atoms with van der Waals surface area (Å²) >= 11 is 0. The normalized spacial score (nSPS) is 17.9. The number of likely N-dealkylation sites (tertiary alicyclic amines) is 1. The third-order valence-electron chi connectivity index (χ3n) is 4.34. The Labute approximate surface area is 142 Å². The fraction of sp³-hybridized carbons (Fsp3) is 0.529. The monoisotopic (exact) mass is 328 g/mol. The maximum absolute atomic E-state index is 12.3. The minimum atomic E-state index is 0.247. The number of hydrogen-bond donors (Lipinski definition) is 1. The van der Waals surface area contributed by atoms with Crippen molar-refractivity contribution in [3.8, 4) is 5.82 Å². The molecule has 128 valence electrons.